The molecule has 1 atom stereocenters. The zero-order valence-corrected chi connectivity index (χ0v) is 22.0. The highest BCUT2D eigenvalue weighted by molar-refractivity contribution is 9.12. The van der Waals surface area contributed by atoms with Gasteiger partial charge in [0.15, 0.2) is 5.78 Å². The van der Waals surface area contributed by atoms with E-state index in [9.17, 15) is 14.4 Å². The highest BCUT2D eigenvalue weighted by Gasteiger charge is 2.54. The zero-order chi connectivity index (χ0) is 25.3. The van der Waals surface area contributed by atoms with Crippen LogP contribution in [-0.2, 0) is 14.4 Å². The van der Waals surface area contributed by atoms with Gasteiger partial charge in [-0.1, -0.05) is 73.3 Å². The first-order chi connectivity index (χ1) is 17.4. The summed E-state index contributed by atoms with van der Waals surface area (Å²) in [6, 6.07) is 15.7. The van der Waals surface area contributed by atoms with Crippen molar-refractivity contribution in [2.45, 2.75) is 49.7 Å². The molecule has 0 saturated heterocycles. The van der Waals surface area contributed by atoms with Gasteiger partial charge in [-0.25, -0.2) is 0 Å². The molecular formula is C29H26BrClN2O3. The molecule has 2 amide bonds. The van der Waals surface area contributed by atoms with Crippen LogP contribution in [0.25, 0.3) is 5.57 Å². The van der Waals surface area contributed by atoms with Crippen LogP contribution < -0.4 is 5.32 Å². The van der Waals surface area contributed by atoms with Crippen LogP contribution in [-0.4, -0.2) is 34.1 Å². The van der Waals surface area contributed by atoms with Gasteiger partial charge in [-0.05, 0) is 76.3 Å². The summed E-state index contributed by atoms with van der Waals surface area (Å²) in [7, 11) is 0. The normalized spacial score (nSPS) is 20.3. The number of carbonyl (C=O) groups excluding carboxylic acids is 3. The summed E-state index contributed by atoms with van der Waals surface area (Å²) < 4.78 is 0.363. The van der Waals surface area contributed by atoms with Crippen molar-refractivity contribution in [2.75, 3.05) is 0 Å². The van der Waals surface area contributed by atoms with Crippen LogP contribution in [0.15, 0.2) is 83.4 Å². The van der Waals surface area contributed by atoms with E-state index in [2.05, 4.69) is 21.2 Å². The average molecular weight is 566 g/mol. The Bertz CT molecular complexity index is 1260. The molecule has 2 aromatic carbocycles. The summed E-state index contributed by atoms with van der Waals surface area (Å²) in [5.74, 6) is -0.736. The molecule has 0 radical (unpaired) electrons. The van der Waals surface area contributed by atoms with Crippen molar-refractivity contribution < 1.29 is 14.4 Å². The van der Waals surface area contributed by atoms with Gasteiger partial charge in [0.25, 0.3) is 5.91 Å². The Morgan fingerprint density at radius 3 is 2.25 bits per heavy atom. The lowest BCUT2D eigenvalue weighted by molar-refractivity contribution is -0.139. The van der Waals surface area contributed by atoms with Crippen LogP contribution in [0.3, 0.4) is 0 Å². The highest BCUT2D eigenvalue weighted by atomic mass is 79.9. The first-order valence-electron chi connectivity index (χ1n) is 12.2. The molecule has 1 N–H and O–H groups in total. The van der Waals surface area contributed by atoms with E-state index in [-0.39, 0.29) is 23.6 Å². The maximum atomic E-state index is 14.0. The minimum Gasteiger partial charge on any atom is -0.351 e. The fraction of sp³-hybridized carbons (Fsp3) is 0.276. The number of hydrogen-bond donors (Lipinski definition) is 1. The average Bonchev–Trinajstić information content (AvgIpc) is 3.10. The Hall–Kier alpha value is -2.96. The minimum atomic E-state index is -1.13. The monoisotopic (exact) mass is 564 g/mol. The van der Waals surface area contributed by atoms with Gasteiger partial charge in [0.2, 0.25) is 5.91 Å². The Kier molecular flexibility index (Phi) is 7.00. The first kappa shape index (κ1) is 24.7. The lowest BCUT2D eigenvalue weighted by Crippen LogP contribution is -2.53. The Labute approximate surface area is 224 Å². The van der Waals surface area contributed by atoms with Crippen molar-refractivity contribution in [3.8, 4) is 0 Å². The van der Waals surface area contributed by atoms with Crippen molar-refractivity contribution >= 4 is 50.7 Å². The molecule has 1 saturated carbocycles. The third-order valence-corrected chi connectivity index (χ3v) is 8.12. The topological polar surface area (TPSA) is 66.5 Å². The summed E-state index contributed by atoms with van der Waals surface area (Å²) in [6.07, 6.45) is 11.5. The molecule has 1 unspecified atom stereocenters. The maximum Gasteiger partial charge on any atom is 0.263 e. The quantitative estimate of drug-likeness (QED) is 0.490. The molecule has 5 rings (SSSR count). The molecule has 2 aliphatic carbocycles. The van der Waals surface area contributed by atoms with Gasteiger partial charge >= 0.3 is 0 Å². The van der Waals surface area contributed by atoms with E-state index >= 15 is 0 Å². The van der Waals surface area contributed by atoms with Gasteiger partial charge in [-0.15, -0.1) is 0 Å². The van der Waals surface area contributed by atoms with E-state index in [1.54, 1.807) is 41.3 Å². The van der Waals surface area contributed by atoms with Gasteiger partial charge in [0, 0.05) is 16.6 Å². The van der Waals surface area contributed by atoms with Gasteiger partial charge in [-0.2, -0.15) is 0 Å². The summed E-state index contributed by atoms with van der Waals surface area (Å²) in [5, 5.41) is 3.76. The number of rotatable bonds is 5. The predicted molar refractivity (Wildman–Crippen MR) is 144 cm³/mol. The summed E-state index contributed by atoms with van der Waals surface area (Å²) in [5.41, 5.74) is 1.04. The third kappa shape index (κ3) is 4.48. The number of nitrogens with zero attached hydrogens (tertiary/aromatic N) is 1. The van der Waals surface area contributed by atoms with Crippen LogP contribution in [0.4, 0.5) is 0 Å². The van der Waals surface area contributed by atoms with Gasteiger partial charge < -0.3 is 10.2 Å². The fourth-order valence-electron chi connectivity index (χ4n) is 5.42. The minimum absolute atomic E-state index is 0.0683. The number of halogens is 2. The molecule has 1 spiro atoms. The van der Waals surface area contributed by atoms with E-state index in [1.165, 1.54) is 18.6 Å². The molecule has 3 aliphatic rings. The second-order valence-corrected chi connectivity index (χ2v) is 10.7. The van der Waals surface area contributed by atoms with Crippen LogP contribution in [0.5, 0.6) is 0 Å². The standard InChI is InChI=1S/C29H26BrClN2O3/c30-25-24(19-7-3-1-4-8-19)29(17-15-23(34)16-18-29)33(28(25)36)26(20-11-13-21(31)14-12-20)27(35)32-22-9-5-2-6-10-22/h1,3-4,7-8,11-18,22,26H,2,5-6,9-10H2,(H,32,35). The van der Waals surface area contributed by atoms with Crippen LogP contribution in [0.1, 0.15) is 49.3 Å². The SMILES string of the molecule is O=C1C=CC2(C=C1)C(c1ccccc1)=C(Br)C(=O)N2C(C(=O)NC1CCCCC1)c1ccc(Cl)cc1. The Morgan fingerprint density at radius 2 is 1.61 bits per heavy atom. The molecule has 1 aliphatic heterocycles. The summed E-state index contributed by atoms with van der Waals surface area (Å²) in [4.78, 5) is 41.7. The van der Waals surface area contributed by atoms with Gasteiger partial charge in [0.05, 0.1) is 4.48 Å². The Balaban J connectivity index is 1.65. The van der Waals surface area contributed by atoms with E-state index in [4.69, 9.17) is 11.6 Å². The lowest BCUT2D eigenvalue weighted by atomic mass is 9.81. The second-order valence-electron chi connectivity index (χ2n) is 9.42. The molecule has 2 aromatic rings. The number of allylic oxidation sites excluding steroid dienone is 2. The highest BCUT2D eigenvalue weighted by Crippen LogP contribution is 2.50. The number of carbonyl (C=O) groups is 3. The molecule has 7 heteroatoms. The van der Waals surface area contributed by atoms with Gasteiger partial charge in [-0.3, -0.25) is 14.4 Å². The van der Waals surface area contributed by atoms with E-state index in [0.717, 1.165) is 31.2 Å². The van der Waals surface area contributed by atoms with E-state index in [1.807, 2.05) is 30.3 Å². The van der Waals surface area contributed by atoms with Crippen molar-refractivity contribution in [3.05, 3.63) is 99.5 Å². The molecule has 1 fully saturated rings. The molecule has 0 aromatic heterocycles. The zero-order valence-electron chi connectivity index (χ0n) is 19.6. The molecule has 1 heterocycles. The second kappa shape index (κ2) is 10.2. The van der Waals surface area contributed by atoms with Crippen molar-refractivity contribution in [1.82, 2.24) is 10.2 Å². The van der Waals surface area contributed by atoms with E-state index < -0.39 is 11.6 Å². The number of nitrogens with one attached hydrogen (secondary N) is 1. The summed E-state index contributed by atoms with van der Waals surface area (Å²) in [6.45, 7) is 0. The van der Waals surface area contributed by atoms with Crippen LogP contribution in [0, 0.1) is 0 Å². The number of hydrogen-bond acceptors (Lipinski definition) is 3. The molecule has 184 valence electrons. The number of ketones is 1. The number of amides is 2. The number of benzene rings is 2. The first-order valence-corrected chi connectivity index (χ1v) is 13.4. The van der Waals surface area contributed by atoms with Crippen molar-refractivity contribution in [2.24, 2.45) is 0 Å². The maximum absolute atomic E-state index is 14.0. The predicted octanol–water partition coefficient (Wildman–Crippen LogP) is 5.91. The molecule has 5 nitrogen and oxygen atoms in total. The lowest BCUT2D eigenvalue weighted by Gasteiger charge is -2.42. The fourth-order valence-corrected chi connectivity index (χ4v) is 6.28. The van der Waals surface area contributed by atoms with Gasteiger partial charge in [0.1, 0.15) is 11.6 Å². The molecular weight excluding hydrogens is 540 g/mol. The molecule has 0 bridgehead atoms. The van der Waals surface area contributed by atoms with Crippen LogP contribution in [0.2, 0.25) is 5.02 Å². The van der Waals surface area contributed by atoms with Crippen LogP contribution >= 0.6 is 27.5 Å². The van der Waals surface area contributed by atoms with Crippen molar-refractivity contribution in [3.63, 3.8) is 0 Å². The van der Waals surface area contributed by atoms with E-state index in [0.29, 0.717) is 20.6 Å². The third-order valence-electron chi connectivity index (χ3n) is 7.13. The smallest absolute Gasteiger partial charge is 0.263 e. The summed E-state index contributed by atoms with van der Waals surface area (Å²) >= 11 is 9.72. The van der Waals surface area contributed by atoms with Crippen molar-refractivity contribution in [1.29, 1.82) is 0 Å². The molecule has 36 heavy (non-hydrogen) atoms. The largest absolute Gasteiger partial charge is 0.351 e. The Morgan fingerprint density at radius 1 is 0.972 bits per heavy atom.